The summed E-state index contributed by atoms with van der Waals surface area (Å²) in [6.07, 6.45) is 2.46. The van der Waals surface area contributed by atoms with E-state index in [0.29, 0.717) is 31.2 Å². The number of nitrogens with zero attached hydrogens (tertiary/aromatic N) is 6. The topological polar surface area (TPSA) is 99.7 Å². The first-order valence-corrected chi connectivity index (χ1v) is 10.1. The molecular weight excluding hydrogens is 394 g/mol. The molecule has 9 heteroatoms. The number of hydrogen-bond acceptors (Lipinski definition) is 6. The fourth-order valence-corrected chi connectivity index (χ4v) is 3.73. The van der Waals surface area contributed by atoms with Gasteiger partial charge in [-0.05, 0) is 37.0 Å². The molecule has 0 spiro atoms. The van der Waals surface area contributed by atoms with Gasteiger partial charge in [0.2, 0.25) is 17.7 Å². The van der Waals surface area contributed by atoms with Gasteiger partial charge in [0.25, 0.3) is 0 Å². The highest BCUT2D eigenvalue weighted by molar-refractivity contribution is 5.90. The second-order valence-electron chi connectivity index (χ2n) is 7.43. The third-order valence-electron chi connectivity index (χ3n) is 5.29. The van der Waals surface area contributed by atoms with Gasteiger partial charge in [-0.1, -0.05) is 30.3 Å². The molecule has 0 bridgehead atoms. The zero-order valence-electron chi connectivity index (χ0n) is 18.1. The molecule has 31 heavy (non-hydrogen) atoms. The lowest BCUT2D eigenvalue weighted by Crippen LogP contribution is -2.15. The Balaban J connectivity index is 1.43. The van der Waals surface area contributed by atoms with Gasteiger partial charge in [0.15, 0.2) is 5.65 Å². The maximum atomic E-state index is 12.5. The minimum atomic E-state index is -0.144. The maximum absolute atomic E-state index is 12.5. The van der Waals surface area contributed by atoms with Crippen molar-refractivity contribution in [3.8, 4) is 5.88 Å². The zero-order chi connectivity index (χ0) is 22.0. The van der Waals surface area contributed by atoms with Crippen molar-refractivity contribution in [1.82, 2.24) is 29.5 Å². The summed E-state index contributed by atoms with van der Waals surface area (Å²) in [6, 6.07) is 9.97. The van der Waals surface area contributed by atoms with Crippen molar-refractivity contribution in [1.29, 1.82) is 0 Å². The maximum Gasteiger partial charge on any atom is 0.248 e. The van der Waals surface area contributed by atoms with Crippen molar-refractivity contribution in [3.05, 3.63) is 59.0 Å². The van der Waals surface area contributed by atoms with Gasteiger partial charge in [0, 0.05) is 19.2 Å². The lowest BCUT2D eigenvalue weighted by atomic mass is 10.00. The summed E-state index contributed by atoms with van der Waals surface area (Å²) in [5.41, 5.74) is 4.83. The van der Waals surface area contributed by atoms with Gasteiger partial charge >= 0.3 is 0 Å². The van der Waals surface area contributed by atoms with E-state index in [1.807, 2.05) is 51.2 Å². The Morgan fingerprint density at radius 1 is 1.16 bits per heavy atom. The van der Waals surface area contributed by atoms with E-state index < -0.39 is 0 Å². The third kappa shape index (κ3) is 4.25. The lowest BCUT2D eigenvalue weighted by molar-refractivity contribution is -0.116. The monoisotopic (exact) mass is 419 g/mol. The average molecular weight is 419 g/mol. The van der Waals surface area contributed by atoms with E-state index in [1.165, 1.54) is 0 Å². The summed E-state index contributed by atoms with van der Waals surface area (Å²) in [5.74, 6) is 0.702. The zero-order valence-corrected chi connectivity index (χ0v) is 18.1. The van der Waals surface area contributed by atoms with Crippen LogP contribution in [0.25, 0.3) is 11.0 Å². The number of aryl methyl sites for hydroxylation is 3. The van der Waals surface area contributed by atoms with E-state index in [0.717, 1.165) is 33.4 Å². The van der Waals surface area contributed by atoms with Crippen LogP contribution < -0.4 is 10.1 Å². The number of carbonyl (C=O) groups excluding carboxylic acids is 1. The second kappa shape index (κ2) is 8.55. The molecule has 1 amide bonds. The molecule has 4 aromatic rings. The van der Waals surface area contributed by atoms with Crippen LogP contribution in [-0.4, -0.2) is 42.5 Å². The van der Waals surface area contributed by atoms with Crippen molar-refractivity contribution >= 4 is 22.9 Å². The number of benzene rings is 1. The minimum absolute atomic E-state index is 0.144. The van der Waals surface area contributed by atoms with Crippen LogP contribution in [0.3, 0.4) is 0 Å². The Hall–Kier alpha value is -3.75. The van der Waals surface area contributed by atoms with Gasteiger partial charge in [-0.25, -0.2) is 19.3 Å². The Labute approximate surface area is 180 Å². The first kappa shape index (κ1) is 20.5. The van der Waals surface area contributed by atoms with Crippen LogP contribution in [0.4, 0.5) is 5.95 Å². The molecule has 0 aliphatic rings. The number of anilines is 1. The highest BCUT2D eigenvalue weighted by Gasteiger charge is 2.18. The number of methoxy groups -OCH3 is 1. The molecule has 1 aromatic carbocycles. The molecule has 0 saturated carbocycles. The van der Waals surface area contributed by atoms with Crippen molar-refractivity contribution in [3.63, 3.8) is 0 Å². The summed E-state index contributed by atoms with van der Waals surface area (Å²) in [6.45, 7) is 4.56. The Morgan fingerprint density at radius 3 is 2.68 bits per heavy atom. The first-order valence-electron chi connectivity index (χ1n) is 10.1. The quantitative estimate of drug-likeness (QED) is 0.494. The number of nitrogens with one attached hydrogen (secondary N) is 1. The summed E-state index contributed by atoms with van der Waals surface area (Å²) in [7, 11) is 3.44. The molecule has 1 N–H and O–H groups in total. The molecule has 9 nitrogen and oxygen atoms in total. The fraction of sp³-hybridized carbons (Fsp3) is 0.318. The fourth-order valence-electron chi connectivity index (χ4n) is 3.73. The van der Waals surface area contributed by atoms with Crippen molar-refractivity contribution < 1.29 is 9.53 Å². The van der Waals surface area contributed by atoms with Gasteiger partial charge in [-0.3, -0.25) is 10.1 Å². The summed E-state index contributed by atoms with van der Waals surface area (Å²) in [4.78, 5) is 21.4. The summed E-state index contributed by atoms with van der Waals surface area (Å²) in [5, 5.41) is 12.4. The Bertz CT molecular complexity index is 1230. The predicted molar refractivity (Wildman–Crippen MR) is 117 cm³/mol. The van der Waals surface area contributed by atoms with Gasteiger partial charge in [0.1, 0.15) is 6.33 Å². The van der Waals surface area contributed by atoms with Crippen LogP contribution in [0.15, 0.2) is 36.7 Å². The van der Waals surface area contributed by atoms with E-state index in [2.05, 4.69) is 25.5 Å². The molecule has 3 aromatic heterocycles. The minimum Gasteiger partial charge on any atom is -0.479 e. The standard InChI is InChI=1S/C22H25N7O2/c1-14-17(15(2)24-20-19(14)21(31-4)26-28(20)3)10-11-18(30)25-22-23-13-29(27-22)12-16-8-6-5-7-9-16/h5-9,13H,10-12H2,1-4H3,(H,25,27,30). The number of carbonyl (C=O) groups is 1. The molecule has 160 valence electrons. The van der Waals surface area contributed by atoms with E-state index in [4.69, 9.17) is 4.74 Å². The summed E-state index contributed by atoms with van der Waals surface area (Å²) >= 11 is 0. The number of rotatable bonds is 7. The van der Waals surface area contributed by atoms with Crippen molar-refractivity contribution in [2.45, 2.75) is 33.2 Å². The number of amides is 1. The van der Waals surface area contributed by atoms with Gasteiger partial charge in [-0.2, -0.15) is 0 Å². The van der Waals surface area contributed by atoms with Crippen LogP contribution >= 0.6 is 0 Å². The van der Waals surface area contributed by atoms with E-state index in [9.17, 15) is 4.79 Å². The smallest absolute Gasteiger partial charge is 0.248 e. The van der Waals surface area contributed by atoms with E-state index in [-0.39, 0.29) is 5.91 Å². The predicted octanol–water partition coefficient (Wildman–Crippen LogP) is 2.80. The van der Waals surface area contributed by atoms with Crippen LogP contribution in [0.2, 0.25) is 0 Å². The van der Waals surface area contributed by atoms with Crippen LogP contribution in [0, 0.1) is 13.8 Å². The highest BCUT2D eigenvalue weighted by Crippen LogP contribution is 2.30. The molecule has 3 heterocycles. The first-order chi connectivity index (χ1) is 15.0. The molecule has 0 unspecified atom stereocenters. The molecule has 0 saturated heterocycles. The van der Waals surface area contributed by atoms with Crippen LogP contribution in [0.5, 0.6) is 5.88 Å². The summed E-state index contributed by atoms with van der Waals surface area (Å²) < 4.78 is 8.81. The van der Waals surface area contributed by atoms with Gasteiger partial charge < -0.3 is 4.74 Å². The van der Waals surface area contributed by atoms with Gasteiger partial charge in [0.05, 0.1) is 19.0 Å². The second-order valence-corrected chi connectivity index (χ2v) is 7.43. The number of aromatic nitrogens is 6. The molecule has 0 aliphatic heterocycles. The third-order valence-corrected chi connectivity index (χ3v) is 5.29. The average Bonchev–Trinajstić information content (AvgIpc) is 3.32. The number of fused-ring (bicyclic) bond motifs is 1. The molecule has 0 atom stereocenters. The number of pyridine rings is 1. The molecule has 0 radical (unpaired) electrons. The Morgan fingerprint density at radius 2 is 1.94 bits per heavy atom. The molecule has 4 rings (SSSR count). The van der Waals surface area contributed by atoms with Gasteiger partial charge in [-0.15, -0.1) is 10.2 Å². The SMILES string of the molecule is COc1nn(C)c2nc(C)c(CCC(=O)Nc3ncn(Cc4ccccc4)n3)c(C)c12. The molecular formula is C22H25N7O2. The van der Waals surface area contributed by atoms with Crippen LogP contribution in [0.1, 0.15) is 28.8 Å². The lowest BCUT2D eigenvalue weighted by Gasteiger charge is -2.11. The van der Waals surface area contributed by atoms with Crippen LogP contribution in [-0.2, 0) is 24.8 Å². The number of hydrogen-bond donors (Lipinski definition) is 1. The van der Waals surface area contributed by atoms with Crippen molar-refractivity contribution in [2.24, 2.45) is 7.05 Å². The Kier molecular flexibility index (Phi) is 5.66. The number of ether oxygens (including phenoxy) is 1. The largest absolute Gasteiger partial charge is 0.479 e. The van der Waals surface area contributed by atoms with E-state index in [1.54, 1.807) is 22.8 Å². The van der Waals surface area contributed by atoms with E-state index >= 15 is 0 Å². The molecule has 0 aliphatic carbocycles. The normalized spacial score (nSPS) is 11.1. The molecule has 0 fully saturated rings. The highest BCUT2D eigenvalue weighted by atomic mass is 16.5. The van der Waals surface area contributed by atoms with Crippen molar-refractivity contribution in [2.75, 3.05) is 12.4 Å².